The van der Waals surface area contributed by atoms with Crippen molar-refractivity contribution >= 4 is 17.1 Å². The minimum atomic E-state index is -0.101. The van der Waals surface area contributed by atoms with Crippen LogP contribution >= 0.6 is 0 Å². The van der Waals surface area contributed by atoms with E-state index in [1.165, 1.54) is 78.1 Å². The van der Waals surface area contributed by atoms with Gasteiger partial charge in [0, 0.05) is 22.2 Å². The van der Waals surface area contributed by atoms with Crippen LogP contribution in [0.2, 0.25) is 0 Å². The Kier molecular flexibility index (Phi) is 6.78. The quantitative estimate of drug-likeness (QED) is 0.200. The molecule has 0 aliphatic heterocycles. The van der Waals surface area contributed by atoms with Gasteiger partial charge >= 0.3 is 0 Å². The third kappa shape index (κ3) is 4.47. The van der Waals surface area contributed by atoms with E-state index < -0.39 is 0 Å². The molecule has 1 aliphatic rings. The van der Waals surface area contributed by atoms with Crippen LogP contribution in [0.3, 0.4) is 0 Å². The monoisotopic (exact) mass is 569 g/mol. The van der Waals surface area contributed by atoms with Crippen molar-refractivity contribution in [3.05, 3.63) is 161 Å². The molecule has 6 aromatic carbocycles. The van der Waals surface area contributed by atoms with E-state index in [9.17, 15) is 0 Å². The van der Waals surface area contributed by atoms with E-state index in [1.54, 1.807) is 0 Å². The molecule has 1 heteroatoms. The Bertz CT molecular complexity index is 2000. The molecule has 0 bridgehead atoms. The van der Waals surface area contributed by atoms with Gasteiger partial charge in [0.25, 0.3) is 0 Å². The molecule has 44 heavy (non-hydrogen) atoms. The van der Waals surface area contributed by atoms with Crippen LogP contribution in [-0.4, -0.2) is 0 Å². The molecule has 0 unspecified atom stereocenters. The number of rotatable bonds is 5. The largest absolute Gasteiger partial charge is 0.309 e. The summed E-state index contributed by atoms with van der Waals surface area (Å²) in [5, 5.41) is 0. The van der Waals surface area contributed by atoms with Gasteiger partial charge in [-0.15, -0.1) is 0 Å². The van der Waals surface area contributed by atoms with Crippen molar-refractivity contribution < 1.29 is 0 Å². The van der Waals surface area contributed by atoms with E-state index in [0.717, 1.165) is 5.69 Å². The van der Waals surface area contributed by atoms with Crippen LogP contribution < -0.4 is 4.90 Å². The zero-order chi connectivity index (χ0) is 30.6. The summed E-state index contributed by atoms with van der Waals surface area (Å²) in [6, 6.07) is 46.6. The van der Waals surface area contributed by atoms with Crippen molar-refractivity contribution in [1.29, 1.82) is 0 Å². The highest BCUT2D eigenvalue weighted by Crippen LogP contribution is 2.57. The first-order valence-electron chi connectivity index (χ1n) is 15.6. The van der Waals surface area contributed by atoms with Crippen LogP contribution in [0.25, 0.3) is 33.4 Å². The van der Waals surface area contributed by atoms with E-state index in [4.69, 9.17) is 0 Å². The molecule has 0 fully saturated rings. The summed E-state index contributed by atoms with van der Waals surface area (Å²) in [4.78, 5) is 2.50. The first kappa shape index (κ1) is 27.9. The SMILES string of the molecule is Cc1cc2c(cc1C)C(C)(C)c1c(C)c(C)cc(N(c3ccc(-c4ccccc4)cc3)c3ccccc3-c3ccccc3)c1-2. The molecule has 1 aliphatic carbocycles. The average molecular weight is 570 g/mol. The second-order valence-electron chi connectivity index (χ2n) is 12.8. The van der Waals surface area contributed by atoms with E-state index >= 15 is 0 Å². The molecule has 0 spiro atoms. The lowest BCUT2D eigenvalue weighted by molar-refractivity contribution is 0.654. The molecular weight excluding hydrogens is 530 g/mol. The Hall–Kier alpha value is -4.88. The molecule has 7 rings (SSSR count). The fourth-order valence-electron chi connectivity index (χ4n) is 7.18. The summed E-state index contributed by atoms with van der Waals surface area (Å²) < 4.78 is 0. The number of para-hydroxylation sites is 1. The summed E-state index contributed by atoms with van der Waals surface area (Å²) >= 11 is 0. The molecule has 0 amide bonds. The van der Waals surface area contributed by atoms with Gasteiger partial charge in [-0.3, -0.25) is 0 Å². The third-order valence-electron chi connectivity index (χ3n) is 9.73. The van der Waals surface area contributed by atoms with Crippen LogP contribution in [0.4, 0.5) is 17.1 Å². The lowest BCUT2D eigenvalue weighted by Gasteiger charge is -2.32. The lowest BCUT2D eigenvalue weighted by atomic mass is 9.78. The van der Waals surface area contributed by atoms with Crippen LogP contribution in [0.15, 0.2) is 127 Å². The molecule has 0 aromatic heterocycles. The molecule has 0 radical (unpaired) electrons. The number of anilines is 3. The van der Waals surface area contributed by atoms with Crippen LogP contribution in [0.5, 0.6) is 0 Å². The van der Waals surface area contributed by atoms with Crippen molar-refractivity contribution in [2.24, 2.45) is 0 Å². The van der Waals surface area contributed by atoms with E-state index in [0.29, 0.717) is 0 Å². The predicted molar refractivity (Wildman–Crippen MR) is 189 cm³/mol. The number of aryl methyl sites for hydroxylation is 3. The second kappa shape index (κ2) is 10.7. The zero-order valence-corrected chi connectivity index (χ0v) is 26.6. The molecule has 216 valence electrons. The minimum absolute atomic E-state index is 0.101. The van der Waals surface area contributed by atoms with Gasteiger partial charge < -0.3 is 4.90 Å². The fraction of sp³-hybridized carbons (Fsp3) is 0.163. The number of hydrogen-bond acceptors (Lipinski definition) is 1. The Morgan fingerprint density at radius 1 is 0.477 bits per heavy atom. The molecule has 0 saturated heterocycles. The smallest absolute Gasteiger partial charge is 0.0546 e. The average Bonchev–Trinajstić information content (AvgIpc) is 3.27. The lowest BCUT2D eigenvalue weighted by Crippen LogP contribution is -2.19. The highest BCUT2D eigenvalue weighted by atomic mass is 15.1. The zero-order valence-electron chi connectivity index (χ0n) is 26.6. The predicted octanol–water partition coefficient (Wildman–Crippen LogP) is 12.0. The Balaban J connectivity index is 1.54. The second-order valence-corrected chi connectivity index (χ2v) is 12.8. The number of fused-ring (bicyclic) bond motifs is 3. The normalized spacial score (nSPS) is 13.0. The van der Waals surface area contributed by atoms with Crippen molar-refractivity contribution in [2.45, 2.75) is 47.0 Å². The Labute approximate surface area is 262 Å². The van der Waals surface area contributed by atoms with Crippen LogP contribution in [0.1, 0.15) is 47.2 Å². The van der Waals surface area contributed by atoms with Gasteiger partial charge in [-0.1, -0.05) is 117 Å². The number of hydrogen-bond donors (Lipinski definition) is 0. The van der Waals surface area contributed by atoms with Crippen molar-refractivity contribution in [1.82, 2.24) is 0 Å². The molecule has 0 saturated carbocycles. The first-order chi connectivity index (χ1) is 21.3. The van der Waals surface area contributed by atoms with Gasteiger partial charge in [0.1, 0.15) is 0 Å². The fourth-order valence-corrected chi connectivity index (χ4v) is 7.18. The first-order valence-corrected chi connectivity index (χ1v) is 15.6. The molecule has 0 N–H and O–H groups in total. The van der Waals surface area contributed by atoms with Gasteiger partial charge in [0.05, 0.1) is 11.4 Å². The van der Waals surface area contributed by atoms with Crippen molar-refractivity contribution in [2.75, 3.05) is 4.90 Å². The number of nitrogens with zero attached hydrogens (tertiary/aromatic N) is 1. The van der Waals surface area contributed by atoms with Gasteiger partial charge in [0.15, 0.2) is 0 Å². The minimum Gasteiger partial charge on any atom is -0.309 e. The maximum atomic E-state index is 2.50. The van der Waals surface area contributed by atoms with E-state index in [2.05, 4.69) is 174 Å². The summed E-state index contributed by atoms with van der Waals surface area (Å²) in [5.41, 5.74) is 19.3. The summed E-state index contributed by atoms with van der Waals surface area (Å²) in [5.74, 6) is 0. The van der Waals surface area contributed by atoms with Crippen molar-refractivity contribution in [3.8, 4) is 33.4 Å². The maximum Gasteiger partial charge on any atom is 0.0546 e. The highest BCUT2D eigenvalue weighted by Gasteiger charge is 2.40. The van der Waals surface area contributed by atoms with E-state index in [-0.39, 0.29) is 5.41 Å². The van der Waals surface area contributed by atoms with E-state index in [1.807, 2.05) is 0 Å². The summed E-state index contributed by atoms with van der Waals surface area (Å²) in [7, 11) is 0. The van der Waals surface area contributed by atoms with Gasteiger partial charge in [-0.25, -0.2) is 0 Å². The van der Waals surface area contributed by atoms with Crippen molar-refractivity contribution in [3.63, 3.8) is 0 Å². The van der Waals surface area contributed by atoms with Crippen LogP contribution in [0, 0.1) is 27.7 Å². The Morgan fingerprint density at radius 3 is 1.73 bits per heavy atom. The molecular formula is C43H39N. The standard InChI is InChI=1S/C43H39N/c1-28-25-37-38(26-29(28)2)43(5,6)42-31(4)30(3)27-40(41(37)42)44(35-23-21-33(22-24-35)32-15-9-7-10-16-32)39-20-14-13-19-36(39)34-17-11-8-12-18-34/h7-27H,1-6H3. The highest BCUT2D eigenvalue weighted by molar-refractivity contribution is 5.99. The number of benzene rings is 6. The van der Waals surface area contributed by atoms with Gasteiger partial charge in [-0.2, -0.15) is 0 Å². The molecule has 0 heterocycles. The topological polar surface area (TPSA) is 3.24 Å². The van der Waals surface area contributed by atoms with Crippen LogP contribution in [-0.2, 0) is 5.41 Å². The molecule has 0 atom stereocenters. The third-order valence-corrected chi connectivity index (χ3v) is 9.73. The van der Waals surface area contributed by atoms with Gasteiger partial charge in [-0.05, 0) is 108 Å². The molecule has 1 nitrogen and oxygen atoms in total. The van der Waals surface area contributed by atoms with Gasteiger partial charge in [0.2, 0.25) is 0 Å². The summed E-state index contributed by atoms with van der Waals surface area (Å²) in [6.07, 6.45) is 0. The molecule has 6 aromatic rings. The summed E-state index contributed by atoms with van der Waals surface area (Å²) in [6.45, 7) is 13.9. The Morgan fingerprint density at radius 2 is 1.05 bits per heavy atom. The maximum absolute atomic E-state index is 2.50.